The molecule has 3 saturated heterocycles. The maximum absolute atomic E-state index is 14.3. The topological polar surface area (TPSA) is 96.4 Å². The van der Waals surface area contributed by atoms with Gasteiger partial charge in [-0.25, -0.2) is 0 Å². The fourth-order valence-corrected chi connectivity index (χ4v) is 7.08. The number of likely N-dealkylation sites (tertiary alicyclic amines) is 1. The summed E-state index contributed by atoms with van der Waals surface area (Å²) in [6.45, 7) is 17.5. The molecular formula is C27H41BrN2O6. The second-order valence-corrected chi connectivity index (χ2v) is 12.7. The Morgan fingerprint density at radius 2 is 2.00 bits per heavy atom. The Bertz CT molecular complexity index is 886. The zero-order valence-electron chi connectivity index (χ0n) is 22.1. The van der Waals surface area contributed by atoms with Gasteiger partial charge in [0.25, 0.3) is 0 Å². The molecule has 3 heterocycles. The van der Waals surface area contributed by atoms with Crippen LogP contribution in [0.4, 0.5) is 0 Å². The van der Waals surface area contributed by atoms with Crippen LogP contribution in [0.25, 0.3) is 0 Å². The van der Waals surface area contributed by atoms with Crippen molar-refractivity contribution in [1.29, 1.82) is 0 Å². The minimum atomic E-state index is -1.19. The number of alkyl halides is 1. The highest BCUT2D eigenvalue weighted by Crippen LogP contribution is 2.61. The molecule has 2 bridgehead atoms. The van der Waals surface area contributed by atoms with Crippen molar-refractivity contribution in [2.24, 2.45) is 17.8 Å². The molecular weight excluding hydrogens is 528 g/mol. The van der Waals surface area contributed by atoms with E-state index >= 15 is 0 Å². The number of halogens is 1. The van der Waals surface area contributed by atoms with E-state index in [2.05, 4.69) is 29.1 Å². The molecule has 3 aliphatic heterocycles. The fraction of sp³-hybridized carbons (Fsp3) is 0.741. The van der Waals surface area contributed by atoms with Crippen LogP contribution in [-0.4, -0.2) is 86.6 Å². The molecule has 36 heavy (non-hydrogen) atoms. The first-order valence-corrected chi connectivity index (χ1v) is 13.7. The summed E-state index contributed by atoms with van der Waals surface area (Å²) in [6, 6.07) is -1.55. The van der Waals surface area contributed by atoms with E-state index in [-0.39, 0.29) is 35.8 Å². The van der Waals surface area contributed by atoms with Gasteiger partial charge in [0.1, 0.15) is 11.6 Å². The second-order valence-electron chi connectivity index (χ2n) is 11.5. The molecule has 8 nitrogen and oxygen atoms in total. The first-order chi connectivity index (χ1) is 16.8. The van der Waals surface area contributed by atoms with Crippen LogP contribution in [0.15, 0.2) is 25.3 Å². The van der Waals surface area contributed by atoms with Crippen LogP contribution in [0.2, 0.25) is 0 Å². The van der Waals surface area contributed by atoms with Crippen molar-refractivity contribution in [2.75, 3.05) is 19.8 Å². The quantitative estimate of drug-likeness (QED) is 0.178. The standard InChI is InChI=1S/C27H41BrN2O6/c1-8-10-12-35-25(34)19-20-23(32)30(17(15-31)13-16(3)4)22(27(20)14-18(28)21(19)36-27)24(33)29(11-9-2)26(5,6)7/h8-9,16-22,31H,1-2,10-15H2,3-7H3/t17-,18?,19+,20+,21+,22?,27?/m1/s1. The minimum Gasteiger partial charge on any atom is -0.465 e. The third-order valence-corrected chi connectivity index (χ3v) is 8.38. The molecule has 0 radical (unpaired) electrons. The summed E-state index contributed by atoms with van der Waals surface area (Å²) < 4.78 is 12.0. The largest absolute Gasteiger partial charge is 0.465 e. The van der Waals surface area contributed by atoms with Crippen LogP contribution in [-0.2, 0) is 23.9 Å². The molecule has 3 unspecified atom stereocenters. The Balaban J connectivity index is 2.12. The lowest BCUT2D eigenvalue weighted by atomic mass is 9.70. The first-order valence-electron chi connectivity index (χ1n) is 12.8. The summed E-state index contributed by atoms with van der Waals surface area (Å²) in [6.07, 6.45) is 4.17. The van der Waals surface area contributed by atoms with Gasteiger partial charge in [0, 0.05) is 16.9 Å². The Morgan fingerprint density at radius 3 is 2.53 bits per heavy atom. The lowest BCUT2D eigenvalue weighted by Crippen LogP contribution is -2.62. The van der Waals surface area contributed by atoms with Gasteiger partial charge in [-0.15, -0.1) is 13.2 Å². The number of esters is 1. The molecule has 1 spiro atoms. The number of amides is 2. The predicted molar refractivity (Wildman–Crippen MR) is 140 cm³/mol. The molecule has 3 fully saturated rings. The van der Waals surface area contributed by atoms with Gasteiger partial charge in [0.05, 0.1) is 37.2 Å². The smallest absolute Gasteiger partial charge is 0.312 e. The molecule has 9 heteroatoms. The minimum absolute atomic E-state index is 0.169. The summed E-state index contributed by atoms with van der Waals surface area (Å²) in [5.74, 6) is -2.59. The highest BCUT2D eigenvalue weighted by molar-refractivity contribution is 9.09. The number of aliphatic hydroxyl groups is 1. The monoisotopic (exact) mass is 568 g/mol. The summed E-state index contributed by atoms with van der Waals surface area (Å²) in [5.41, 5.74) is -1.74. The third-order valence-electron chi connectivity index (χ3n) is 7.53. The molecule has 0 saturated carbocycles. The number of aliphatic hydroxyl groups excluding tert-OH is 1. The van der Waals surface area contributed by atoms with Crippen molar-refractivity contribution in [2.45, 2.75) is 88.0 Å². The van der Waals surface area contributed by atoms with E-state index in [0.717, 1.165) is 0 Å². The van der Waals surface area contributed by atoms with Crippen LogP contribution >= 0.6 is 15.9 Å². The van der Waals surface area contributed by atoms with Crippen molar-refractivity contribution in [3.05, 3.63) is 25.3 Å². The molecule has 1 N–H and O–H groups in total. The molecule has 7 atom stereocenters. The van der Waals surface area contributed by atoms with Crippen LogP contribution < -0.4 is 0 Å². The normalized spacial score (nSPS) is 31.9. The average molecular weight is 570 g/mol. The van der Waals surface area contributed by atoms with Crippen LogP contribution in [0, 0.1) is 17.8 Å². The van der Waals surface area contributed by atoms with Crippen LogP contribution in [0.1, 0.15) is 53.9 Å². The van der Waals surface area contributed by atoms with E-state index in [1.54, 1.807) is 17.1 Å². The number of fused-ring (bicyclic) bond motifs is 1. The van der Waals surface area contributed by atoms with E-state index in [4.69, 9.17) is 9.47 Å². The lowest BCUT2D eigenvalue weighted by molar-refractivity contribution is -0.157. The molecule has 0 aromatic rings. The van der Waals surface area contributed by atoms with Gasteiger partial charge in [0.2, 0.25) is 11.8 Å². The number of carbonyl (C=O) groups excluding carboxylic acids is 3. The number of nitrogens with zero attached hydrogens (tertiary/aromatic N) is 2. The molecule has 0 aromatic carbocycles. The summed E-state index contributed by atoms with van der Waals surface area (Å²) in [5, 5.41) is 10.4. The van der Waals surface area contributed by atoms with Gasteiger partial charge < -0.3 is 24.4 Å². The zero-order chi connectivity index (χ0) is 27.0. The van der Waals surface area contributed by atoms with Crippen molar-refractivity contribution in [3.8, 4) is 0 Å². The maximum Gasteiger partial charge on any atom is 0.312 e. The highest BCUT2D eigenvalue weighted by atomic mass is 79.9. The molecule has 3 aliphatic rings. The van der Waals surface area contributed by atoms with E-state index < -0.39 is 47.1 Å². The van der Waals surface area contributed by atoms with Crippen molar-refractivity contribution in [3.63, 3.8) is 0 Å². The van der Waals surface area contributed by atoms with Gasteiger partial charge in [-0.05, 0) is 46.0 Å². The van der Waals surface area contributed by atoms with Crippen LogP contribution in [0.5, 0.6) is 0 Å². The number of hydrogen-bond donors (Lipinski definition) is 1. The van der Waals surface area contributed by atoms with Gasteiger partial charge in [0.15, 0.2) is 0 Å². The van der Waals surface area contributed by atoms with E-state index in [1.165, 1.54) is 4.90 Å². The van der Waals surface area contributed by atoms with E-state index in [9.17, 15) is 19.5 Å². The Kier molecular flexibility index (Phi) is 8.78. The first kappa shape index (κ1) is 28.9. The number of ether oxygens (including phenoxy) is 2. The lowest BCUT2D eigenvalue weighted by Gasteiger charge is -2.43. The summed E-state index contributed by atoms with van der Waals surface area (Å²) in [7, 11) is 0. The van der Waals surface area contributed by atoms with Crippen molar-refractivity contribution in [1.82, 2.24) is 9.80 Å². The zero-order valence-corrected chi connectivity index (χ0v) is 23.7. The number of carbonyl (C=O) groups is 3. The van der Waals surface area contributed by atoms with Gasteiger partial charge >= 0.3 is 5.97 Å². The second kappa shape index (κ2) is 11.0. The fourth-order valence-electron chi connectivity index (χ4n) is 6.14. The molecule has 3 rings (SSSR count). The van der Waals surface area contributed by atoms with Crippen LogP contribution in [0.3, 0.4) is 0 Å². The van der Waals surface area contributed by atoms with E-state index in [0.29, 0.717) is 25.8 Å². The van der Waals surface area contributed by atoms with Gasteiger partial charge in [-0.2, -0.15) is 0 Å². The van der Waals surface area contributed by atoms with Crippen molar-refractivity contribution >= 4 is 33.7 Å². The highest BCUT2D eigenvalue weighted by Gasteiger charge is 2.77. The third kappa shape index (κ3) is 4.90. The average Bonchev–Trinajstić information content (AvgIpc) is 3.38. The number of hydrogen-bond acceptors (Lipinski definition) is 6. The van der Waals surface area contributed by atoms with Gasteiger partial charge in [-0.1, -0.05) is 41.9 Å². The SMILES string of the molecule is C=CCCOC(=O)[C@H]1[C@H]2C(=O)N([C@@H](CO)CC(C)C)C(C(=O)N(CC=C)C(C)(C)C)C23CC(Br)[C@@H]1O3. The predicted octanol–water partition coefficient (Wildman–Crippen LogP) is 3.07. The Labute approximate surface area is 223 Å². The molecule has 2 amide bonds. The maximum atomic E-state index is 14.3. The summed E-state index contributed by atoms with van der Waals surface area (Å²) in [4.78, 5) is 44.8. The van der Waals surface area contributed by atoms with Crippen molar-refractivity contribution < 1.29 is 29.0 Å². The Morgan fingerprint density at radius 1 is 1.33 bits per heavy atom. The molecule has 202 valence electrons. The molecule has 0 aliphatic carbocycles. The summed E-state index contributed by atoms with van der Waals surface area (Å²) >= 11 is 3.67. The molecule has 0 aromatic heterocycles. The van der Waals surface area contributed by atoms with E-state index in [1.807, 2.05) is 34.6 Å². The Hall–Kier alpha value is -1.71. The number of rotatable bonds is 11. The van der Waals surface area contributed by atoms with Gasteiger partial charge in [-0.3, -0.25) is 14.4 Å².